The lowest BCUT2D eigenvalue weighted by molar-refractivity contribution is 0.669. The fraction of sp³-hybridized carbons (Fsp3) is 0.455. The maximum atomic E-state index is 5.61. The van der Waals surface area contributed by atoms with Gasteiger partial charge in [0.2, 0.25) is 0 Å². The zero-order valence-electron chi connectivity index (χ0n) is 8.18. The summed E-state index contributed by atoms with van der Waals surface area (Å²) in [5.41, 5.74) is 7.83. The second-order valence-corrected chi connectivity index (χ2v) is 6.88. The van der Waals surface area contributed by atoms with Crippen molar-refractivity contribution in [3.63, 3.8) is 0 Å². The van der Waals surface area contributed by atoms with E-state index in [1.165, 1.54) is 12.0 Å². The highest BCUT2D eigenvalue weighted by molar-refractivity contribution is 14.1. The van der Waals surface area contributed by atoms with E-state index in [1.807, 2.05) is 12.1 Å². The van der Waals surface area contributed by atoms with Crippen LogP contribution in [0.4, 0.5) is 5.69 Å². The van der Waals surface area contributed by atoms with Crippen LogP contribution < -0.4 is 5.73 Å². The van der Waals surface area contributed by atoms with E-state index in [9.17, 15) is 0 Å². The summed E-state index contributed by atoms with van der Waals surface area (Å²) in [6.45, 7) is 4.51. The van der Waals surface area contributed by atoms with Crippen LogP contribution in [0.25, 0.3) is 0 Å². The molecule has 0 saturated heterocycles. The minimum absolute atomic E-state index is 0.388. The first-order chi connectivity index (χ1) is 5.97. The fourth-order valence-corrected chi connectivity index (χ4v) is 1.40. The molecule has 0 saturated carbocycles. The first kappa shape index (κ1) is 10.8. The van der Waals surface area contributed by atoms with Crippen LogP contribution in [-0.4, -0.2) is 3.42 Å². The Morgan fingerprint density at radius 2 is 1.77 bits per heavy atom. The Labute approximate surface area is 93.9 Å². The van der Waals surface area contributed by atoms with Crippen molar-refractivity contribution in [2.45, 2.75) is 30.1 Å². The molecule has 0 radical (unpaired) electrons. The van der Waals surface area contributed by atoms with Crippen LogP contribution in [-0.2, 0) is 6.42 Å². The van der Waals surface area contributed by atoms with Gasteiger partial charge in [0.1, 0.15) is 0 Å². The number of hydrogen-bond donors (Lipinski definition) is 1. The number of alkyl halides is 1. The van der Waals surface area contributed by atoms with Gasteiger partial charge in [0.05, 0.1) is 0 Å². The van der Waals surface area contributed by atoms with Crippen molar-refractivity contribution in [2.24, 2.45) is 0 Å². The van der Waals surface area contributed by atoms with Gasteiger partial charge in [-0.15, -0.1) is 0 Å². The molecule has 2 N–H and O–H groups in total. The normalized spacial score (nSPS) is 11.6. The average molecular weight is 289 g/mol. The number of aryl methyl sites for hydroxylation is 1. The minimum atomic E-state index is 0.388. The molecule has 0 spiro atoms. The van der Waals surface area contributed by atoms with E-state index in [0.717, 1.165) is 12.1 Å². The Bertz CT molecular complexity index is 258. The van der Waals surface area contributed by atoms with Gasteiger partial charge in [-0.05, 0) is 30.5 Å². The third kappa shape index (κ3) is 4.50. The van der Waals surface area contributed by atoms with E-state index in [-0.39, 0.29) is 0 Å². The summed E-state index contributed by atoms with van der Waals surface area (Å²) >= 11 is 2.49. The summed E-state index contributed by atoms with van der Waals surface area (Å²) in [5, 5.41) is 0. The molecule has 0 aliphatic rings. The van der Waals surface area contributed by atoms with Gasteiger partial charge in [-0.2, -0.15) is 0 Å². The molecule has 13 heavy (non-hydrogen) atoms. The molecule has 1 aromatic carbocycles. The molecule has 1 aromatic rings. The van der Waals surface area contributed by atoms with Gasteiger partial charge in [0, 0.05) is 9.11 Å². The summed E-state index contributed by atoms with van der Waals surface area (Å²) in [5.74, 6) is 0. The molecular formula is C11H16IN. The van der Waals surface area contributed by atoms with Gasteiger partial charge >= 0.3 is 0 Å². The molecule has 0 aromatic heterocycles. The van der Waals surface area contributed by atoms with Gasteiger partial charge in [-0.1, -0.05) is 48.6 Å². The highest BCUT2D eigenvalue weighted by atomic mass is 127. The minimum Gasteiger partial charge on any atom is -0.399 e. The molecule has 72 valence electrons. The standard InChI is InChI=1S/C11H16IN/c1-11(2,12)8-7-9-3-5-10(13)6-4-9/h3-6H,7-8,13H2,1-2H3. The van der Waals surface area contributed by atoms with Crippen LogP contribution in [0.1, 0.15) is 25.8 Å². The Kier molecular flexibility index (Phi) is 3.59. The molecule has 0 aliphatic carbocycles. The third-order valence-electron chi connectivity index (χ3n) is 1.99. The molecule has 1 rings (SSSR count). The zero-order chi connectivity index (χ0) is 9.90. The van der Waals surface area contributed by atoms with Crippen molar-refractivity contribution < 1.29 is 0 Å². The second kappa shape index (κ2) is 4.31. The third-order valence-corrected chi connectivity index (χ3v) is 2.53. The summed E-state index contributed by atoms with van der Waals surface area (Å²) in [7, 11) is 0. The van der Waals surface area contributed by atoms with Gasteiger partial charge in [0.25, 0.3) is 0 Å². The first-order valence-corrected chi connectivity index (χ1v) is 5.58. The lowest BCUT2D eigenvalue weighted by atomic mass is 10.0. The average Bonchev–Trinajstić information content (AvgIpc) is 2.02. The first-order valence-electron chi connectivity index (χ1n) is 4.51. The molecule has 1 nitrogen and oxygen atoms in total. The van der Waals surface area contributed by atoms with Crippen LogP contribution in [0.15, 0.2) is 24.3 Å². The van der Waals surface area contributed by atoms with Crippen molar-refractivity contribution in [2.75, 3.05) is 5.73 Å². The lowest BCUT2D eigenvalue weighted by Gasteiger charge is -2.15. The monoisotopic (exact) mass is 289 g/mol. The summed E-state index contributed by atoms with van der Waals surface area (Å²) in [6, 6.07) is 8.15. The SMILES string of the molecule is CC(C)(I)CCc1ccc(N)cc1. The Morgan fingerprint density at radius 3 is 2.23 bits per heavy atom. The van der Waals surface area contributed by atoms with E-state index in [4.69, 9.17) is 5.73 Å². The molecule has 0 heterocycles. The van der Waals surface area contributed by atoms with Crippen LogP contribution in [0.3, 0.4) is 0 Å². The Morgan fingerprint density at radius 1 is 1.23 bits per heavy atom. The smallest absolute Gasteiger partial charge is 0.0314 e. The van der Waals surface area contributed by atoms with E-state index < -0.39 is 0 Å². The lowest BCUT2D eigenvalue weighted by Crippen LogP contribution is -2.09. The number of nitrogens with two attached hydrogens (primary N) is 1. The van der Waals surface area contributed by atoms with Gasteiger partial charge in [-0.3, -0.25) is 0 Å². The Hall–Kier alpha value is -0.250. The maximum absolute atomic E-state index is 5.61. The molecule has 0 bridgehead atoms. The predicted octanol–water partition coefficient (Wildman–Crippen LogP) is 3.42. The molecule has 0 fully saturated rings. The van der Waals surface area contributed by atoms with E-state index in [0.29, 0.717) is 3.42 Å². The summed E-state index contributed by atoms with van der Waals surface area (Å²) in [6.07, 6.45) is 2.34. The molecule has 0 unspecified atom stereocenters. The fourth-order valence-electron chi connectivity index (χ4n) is 1.13. The van der Waals surface area contributed by atoms with Crippen molar-refractivity contribution >= 4 is 28.3 Å². The number of anilines is 1. The van der Waals surface area contributed by atoms with E-state index >= 15 is 0 Å². The quantitative estimate of drug-likeness (QED) is 0.515. The maximum Gasteiger partial charge on any atom is 0.0314 e. The zero-order valence-corrected chi connectivity index (χ0v) is 10.3. The topological polar surface area (TPSA) is 26.0 Å². The highest BCUT2D eigenvalue weighted by Gasteiger charge is 2.11. The number of nitrogen functional groups attached to an aromatic ring is 1. The van der Waals surface area contributed by atoms with E-state index in [2.05, 4.69) is 48.6 Å². The van der Waals surface area contributed by atoms with Gasteiger partial charge < -0.3 is 5.73 Å². The number of rotatable bonds is 3. The van der Waals surface area contributed by atoms with Crippen molar-refractivity contribution in [3.05, 3.63) is 29.8 Å². The van der Waals surface area contributed by atoms with Crippen LogP contribution in [0, 0.1) is 0 Å². The highest BCUT2D eigenvalue weighted by Crippen LogP contribution is 2.23. The van der Waals surface area contributed by atoms with E-state index in [1.54, 1.807) is 0 Å². The Balaban J connectivity index is 2.51. The van der Waals surface area contributed by atoms with Gasteiger partial charge in [-0.25, -0.2) is 0 Å². The summed E-state index contributed by atoms with van der Waals surface area (Å²) < 4.78 is 0.388. The van der Waals surface area contributed by atoms with Crippen molar-refractivity contribution in [1.29, 1.82) is 0 Å². The number of halogens is 1. The molecule has 2 heteroatoms. The van der Waals surface area contributed by atoms with Crippen molar-refractivity contribution in [1.82, 2.24) is 0 Å². The van der Waals surface area contributed by atoms with Gasteiger partial charge in [0.15, 0.2) is 0 Å². The van der Waals surface area contributed by atoms with Crippen LogP contribution in [0.2, 0.25) is 0 Å². The molecule has 0 atom stereocenters. The predicted molar refractivity (Wildman–Crippen MR) is 67.3 cm³/mol. The van der Waals surface area contributed by atoms with Crippen LogP contribution in [0.5, 0.6) is 0 Å². The molecule has 0 amide bonds. The number of hydrogen-bond acceptors (Lipinski definition) is 1. The van der Waals surface area contributed by atoms with Crippen LogP contribution >= 0.6 is 22.6 Å². The summed E-state index contributed by atoms with van der Waals surface area (Å²) in [4.78, 5) is 0. The second-order valence-electron chi connectivity index (χ2n) is 3.96. The molecule has 0 aliphatic heterocycles. The largest absolute Gasteiger partial charge is 0.399 e. The van der Waals surface area contributed by atoms with Crippen molar-refractivity contribution in [3.8, 4) is 0 Å². The number of benzene rings is 1. The molecular weight excluding hydrogens is 273 g/mol.